The fourth-order valence-electron chi connectivity index (χ4n) is 2.72. The first-order valence-corrected chi connectivity index (χ1v) is 12.4. The van der Waals surface area contributed by atoms with Crippen molar-refractivity contribution in [3.8, 4) is 11.3 Å². The summed E-state index contributed by atoms with van der Waals surface area (Å²) in [6.45, 7) is 20.4. The number of halogens is 1. The van der Waals surface area contributed by atoms with Gasteiger partial charge in [-0.25, -0.2) is 4.98 Å². The molecule has 2 rings (SSSR count). The van der Waals surface area contributed by atoms with E-state index in [2.05, 4.69) is 25.4 Å². The van der Waals surface area contributed by atoms with E-state index in [1.807, 2.05) is 81.8 Å². The third kappa shape index (κ3) is 12.3. The smallest absolute Gasteiger partial charge is 0.239 e. The summed E-state index contributed by atoms with van der Waals surface area (Å²) in [4.78, 5) is 17.0. The Morgan fingerprint density at radius 1 is 1.31 bits per heavy atom. The Labute approximate surface area is 217 Å². The van der Waals surface area contributed by atoms with E-state index in [-0.39, 0.29) is 12.5 Å². The number of nitrogens with one attached hydrogen (secondary N) is 1. The molecule has 1 aromatic heterocycles. The lowest BCUT2D eigenvalue weighted by molar-refractivity contribution is -0.121. The molecular weight excluding hydrogens is 458 g/mol. The minimum Gasteiger partial charge on any atom is -0.502 e. The first-order chi connectivity index (χ1) is 16.7. The van der Waals surface area contributed by atoms with E-state index in [0.29, 0.717) is 17.4 Å². The van der Waals surface area contributed by atoms with Crippen LogP contribution in [0.5, 0.6) is 0 Å². The van der Waals surface area contributed by atoms with Crippen LogP contribution in [0.2, 0.25) is 5.02 Å². The van der Waals surface area contributed by atoms with E-state index in [1.54, 1.807) is 13.2 Å². The van der Waals surface area contributed by atoms with Crippen molar-refractivity contribution >= 4 is 23.6 Å². The maximum absolute atomic E-state index is 12.3. The van der Waals surface area contributed by atoms with Gasteiger partial charge in [0.1, 0.15) is 12.4 Å². The number of amides is 1. The van der Waals surface area contributed by atoms with Crippen molar-refractivity contribution in [3.05, 3.63) is 83.5 Å². The fraction of sp³-hybridized carbons (Fsp3) is 0.379. The molecule has 1 amide bonds. The summed E-state index contributed by atoms with van der Waals surface area (Å²) >= 11 is 6.06. The predicted octanol–water partition coefficient (Wildman–Crippen LogP) is 7.77. The van der Waals surface area contributed by atoms with Gasteiger partial charge in [-0.2, -0.15) is 0 Å². The summed E-state index contributed by atoms with van der Waals surface area (Å²) in [6, 6.07) is 5.69. The van der Waals surface area contributed by atoms with Gasteiger partial charge in [0.15, 0.2) is 0 Å². The van der Waals surface area contributed by atoms with Crippen molar-refractivity contribution in [3.63, 3.8) is 0 Å². The first kappa shape index (κ1) is 31.9. The van der Waals surface area contributed by atoms with Gasteiger partial charge in [0.2, 0.25) is 5.91 Å². The summed E-state index contributed by atoms with van der Waals surface area (Å²) < 4.78 is 6.61. The molecule has 1 N–H and O–H groups in total. The normalized spacial score (nSPS) is 10.6. The number of methoxy groups -OCH3 is 1. The van der Waals surface area contributed by atoms with Crippen LogP contribution in [0, 0.1) is 6.92 Å². The molecule has 1 aromatic carbocycles. The first-order valence-electron chi connectivity index (χ1n) is 12.0. The van der Waals surface area contributed by atoms with Gasteiger partial charge < -0.3 is 14.6 Å². The number of carbonyl (C=O) groups is 1. The van der Waals surface area contributed by atoms with Crippen LogP contribution in [0.15, 0.2) is 67.1 Å². The number of ether oxygens (including phenoxy) is 1. The Morgan fingerprint density at radius 3 is 2.51 bits per heavy atom. The minimum atomic E-state index is -0.0302. The third-order valence-corrected chi connectivity index (χ3v) is 5.11. The molecule has 6 heteroatoms. The van der Waals surface area contributed by atoms with E-state index in [1.165, 1.54) is 0 Å². The molecule has 35 heavy (non-hydrogen) atoms. The zero-order chi connectivity index (χ0) is 26.8. The highest BCUT2D eigenvalue weighted by atomic mass is 35.5. The van der Waals surface area contributed by atoms with Crippen LogP contribution < -0.4 is 5.32 Å². The SMILES string of the molecule is C/C=C(\C)OC.C=CC(=C)/C=C/c1nc(-c2ccc(Cl)cc2C)cn1CC(=O)NCCCC.CC. The van der Waals surface area contributed by atoms with Crippen LogP contribution >= 0.6 is 11.6 Å². The summed E-state index contributed by atoms with van der Waals surface area (Å²) in [7, 11) is 1.66. The van der Waals surface area contributed by atoms with Gasteiger partial charge >= 0.3 is 0 Å². The second-order valence-electron chi connectivity index (χ2n) is 7.49. The lowest BCUT2D eigenvalue weighted by atomic mass is 10.1. The molecule has 0 saturated carbocycles. The van der Waals surface area contributed by atoms with Gasteiger partial charge in [0.05, 0.1) is 18.6 Å². The maximum Gasteiger partial charge on any atom is 0.239 e. The molecular formula is C29H42ClN3O2. The van der Waals surface area contributed by atoms with Crippen LogP contribution in [0.3, 0.4) is 0 Å². The number of allylic oxidation sites excluding steroid dienone is 5. The molecule has 0 bridgehead atoms. The third-order valence-electron chi connectivity index (χ3n) is 4.88. The lowest BCUT2D eigenvalue weighted by Crippen LogP contribution is -2.28. The van der Waals surface area contributed by atoms with Gasteiger partial charge in [-0.1, -0.05) is 76.2 Å². The summed E-state index contributed by atoms with van der Waals surface area (Å²) in [5.74, 6) is 1.63. The van der Waals surface area contributed by atoms with E-state index in [9.17, 15) is 4.79 Å². The van der Waals surface area contributed by atoms with Crippen molar-refractivity contribution in [2.24, 2.45) is 0 Å². The molecule has 5 nitrogen and oxygen atoms in total. The summed E-state index contributed by atoms with van der Waals surface area (Å²) in [6.07, 6.45) is 11.2. The number of imidazole rings is 1. The fourth-order valence-corrected chi connectivity index (χ4v) is 2.94. The Kier molecular flexibility index (Phi) is 16.7. The topological polar surface area (TPSA) is 56.2 Å². The van der Waals surface area contributed by atoms with Crippen LogP contribution in [0.25, 0.3) is 17.3 Å². The monoisotopic (exact) mass is 499 g/mol. The molecule has 0 atom stereocenters. The Morgan fingerprint density at radius 2 is 2.00 bits per heavy atom. The van der Waals surface area contributed by atoms with E-state index >= 15 is 0 Å². The molecule has 192 valence electrons. The average molecular weight is 500 g/mol. The Hall–Kier alpha value is -3.05. The number of carbonyl (C=O) groups excluding carboxylic acids is 1. The van der Waals surface area contributed by atoms with Crippen molar-refractivity contribution in [1.82, 2.24) is 14.9 Å². The molecule has 0 spiro atoms. The van der Waals surface area contributed by atoms with Crippen LogP contribution in [-0.4, -0.2) is 29.1 Å². The molecule has 2 aromatic rings. The van der Waals surface area contributed by atoms with Gasteiger partial charge in [-0.05, 0) is 56.5 Å². The van der Waals surface area contributed by atoms with E-state index in [4.69, 9.17) is 21.3 Å². The number of hydrogen-bond acceptors (Lipinski definition) is 3. The number of rotatable bonds is 10. The van der Waals surface area contributed by atoms with Crippen molar-refractivity contribution < 1.29 is 9.53 Å². The Balaban J connectivity index is 0.00000126. The number of unbranched alkanes of at least 4 members (excludes halogenated alkanes) is 1. The van der Waals surface area contributed by atoms with Crippen molar-refractivity contribution in [1.29, 1.82) is 0 Å². The van der Waals surface area contributed by atoms with Gasteiger partial charge in [-0.15, -0.1) is 0 Å². The second-order valence-corrected chi connectivity index (χ2v) is 7.93. The summed E-state index contributed by atoms with van der Waals surface area (Å²) in [5.41, 5.74) is 3.60. The van der Waals surface area contributed by atoms with Gasteiger partial charge in [0, 0.05) is 23.3 Å². The van der Waals surface area contributed by atoms with Crippen molar-refractivity contribution in [2.45, 2.75) is 60.9 Å². The number of nitrogens with zero attached hydrogens (tertiary/aromatic N) is 2. The largest absolute Gasteiger partial charge is 0.502 e. The number of hydrogen-bond donors (Lipinski definition) is 1. The number of aromatic nitrogens is 2. The van der Waals surface area contributed by atoms with Crippen molar-refractivity contribution in [2.75, 3.05) is 13.7 Å². The molecule has 0 saturated heterocycles. The number of aryl methyl sites for hydroxylation is 1. The quantitative estimate of drug-likeness (QED) is 0.206. The van der Waals surface area contributed by atoms with Crippen LogP contribution in [-0.2, 0) is 16.1 Å². The van der Waals surface area contributed by atoms with E-state index in [0.717, 1.165) is 41.0 Å². The molecule has 1 heterocycles. The molecule has 0 unspecified atom stereocenters. The molecule has 0 aliphatic heterocycles. The molecule has 0 aliphatic carbocycles. The standard InChI is InChI=1S/C22H26ClN3O.C5H10O.C2H6/c1-5-7-12-24-22(27)15-26-14-20(19-10-9-18(23)13-17(19)4)25-21(26)11-8-16(3)6-2;1-4-5(2)6-3;1-2/h6,8-11,13-14H,2-3,5,7,12,15H2,1,4H3,(H,24,27);4H,1-3H3;1-2H3/b11-8+;5-4+;. The van der Waals surface area contributed by atoms with Gasteiger partial charge in [0.25, 0.3) is 0 Å². The zero-order valence-electron chi connectivity index (χ0n) is 22.5. The van der Waals surface area contributed by atoms with Crippen LogP contribution in [0.4, 0.5) is 0 Å². The lowest BCUT2D eigenvalue weighted by Gasteiger charge is -2.06. The Bertz CT molecular complexity index is 1000. The highest BCUT2D eigenvalue weighted by Crippen LogP contribution is 2.26. The van der Waals surface area contributed by atoms with E-state index < -0.39 is 0 Å². The zero-order valence-corrected chi connectivity index (χ0v) is 23.2. The molecule has 0 fully saturated rings. The minimum absolute atomic E-state index is 0.0302. The number of benzene rings is 1. The summed E-state index contributed by atoms with van der Waals surface area (Å²) in [5, 5.41) is 3.63. The highest BCUT2D eigenvalue weighted by molar-refractivity contribution is 6.30. The maximum atomic E-state index is 12.3. The molecule has 0 radical (unpaired) electrons. The predicted molar refractivity (Wildman–Crippen MR) is 151 cm³/mol. The second kappa shape index (κ2) is 18.3. The van der Waals surface area contributed by atoms with Crippen LogP contribution in [0.1, 0.15) is 58.8 Å². The molecule has 0 aliphatic rings. The highest BCUT2D eigenvalue weighted by Gasteiger charge is 2.12. The van der Waals surface area contributed by atoms with Gasteiger partial charge in [-0.3, -0.25) is 4.79 Å². The average Bonchev–Trinajstić information content (AvgIpc) is 3.25.